The molecule has 7 heteroatoms. The van der Waals surface area contributed by atoms with E-state index in [0.717, 1.165) is 0 Å². The van der Waals surface area contributed by atoms with Crippen LogP contribution in [-0.4, -0.2) is 17.4 Å². The Morgan fingerprint density at radius 1 is 1.12 bits per heavy atom. The maximum Gasteiger partial charge on any atom is 0.573 e. The van der Waals surface area contributed by atoms with E-state index in [9.17, 15) is 23.1 Å². The molecule has 2 rings (SSSR count). The molecule has 1 N–H and O–H groups in total. The number of hydrogen-bond acceptors (Lipinski definition) is 4. The lowest BCUT2D eigenvalue weighted by Gasteiger charge is -2.13. The van der Waals surface area contributed by atoms with Gasteiger partial charge in [0.25, 0.3) is 0 Å². The molecule has 0 aliphatic heterocycles. The van der Waals surface area contributed by atoms with Crippen LogP contribution in [0.2, 0.25) is 0 Å². The SMILES string of the molecule is CCC(=O)OC(O)c1cccc(-c2ccc(OC(F)(F)F)cc2)c1. The quantitative estimate of drug-likeness (QED) is 0.655. The van der Waals surface area contributed by atoms with E-state index in [-0.39, 0.29) is 12.2 Å². The maximum atomic E-state index is 12.1. The van der Waals surface area contributed by atoms with Crippen LogP contribution in [-0.2, 0) is 9.53 Å². The first-order valence-corrected chi connectivity index (χ1v) is 7.12. The second-order valence-electron chi connectivity index (χ2n) is 4.89. The zero-order valence-corrected chi connectivity index (χ0v) is 12.7. The second-order valence-corrected chi connectivity index (χ2v) is 4.89. The predicted molar refractivity (Wildman–Crippen MR) is 79.9 cm³/mol. The Morgan fingerprint density at radius 2 is 1.79 bits per heavy atom. The van der Waals surface area contributed by atoms with Crippen molar-refractivity contribution in [2.45, 2.75) is 26.0 Å². The lowest BCUT2D eigenvalue weighted by atomic mass is 10.0. The Bertz CT molecular complexity index is 696. The van der Waals surface area contributed by atoms with Gasteiger partial charge in [0, 0.05) is 12.0 Å². The van der Waals surface area contributed by atoms with Gasteiger partial charge in [0.1, 0.15) is 5.75 Å². The third-order valence-corrected chi connectivity index (χ3v) is 3.12. The number of halogens is 3. The van der Waals surface area contributed by atoms with Crippen molar-refractivity contribution in [3.63, 3.8) is 0 Å². The van der Waals surface area contributed by atoms with Crippen molar-refractivity contribution >= 4 is 5.97 Å². The van der Waals surface area contributed by atoms with Gasteiger partial charge in [-0.15, -0.1) is 13.2 Å². The molecule has 0 bridgehead atoms. The smallest absolute Gasteiger partial charge is 0.431 e. The highest BCUT2D eigenvalue weighted by atomic mass is 19.4. The zero-order chi connectivity index (χ0) is 17.7. The Hall–Kier alpha value is -2.54. The van der Waals surface area contributed by atoms with Crippen molar-refractivity contribution in [1.82, 2.24) is 0 Å². The second kappa shape index (κ2) is 7.35. The van der Waals surface area contributed by atoms with E-state index >= 15 is 0 Å². The van der Waals surface area contributed by atoms with Gasteiger partial charge >= 0.3 is 12.3 Å². The number of hydrogen-bond donors (Lipinski definition) is 1. The minimum Gasteiger partial charge on any atom is -0.431 e. The summed E-state index contributed by atoms with van der Waals surface area (Å²) in [5.74, 6) is -0.860. The summed E-state index contributed by atoms with van der Waals surface area (Å²) in [7, 11) is 0. The van der Waals surface area contributed by atoms with Crippen LogP contribution in [0.25, 0.3) is 11.1 Å². The number of rotatable bonds is 5. The van der Waals surface area contributed by atoms with Crippen molar-refractivity contribution in [1.29, 1.82) is 0 Å². The first-order chi connectivity index (χ1) is 11.3. The van der Waals surface area contributed by atoms with Gasteiger partial charge in [-0.25, -0.2) is 0 Å². The molecule has 0 spiro atoms. The van der Waals surface area contributed by atoms with Gasteiger partial charge in [-0.2, -0.15) is 0 Å². The van der Waals surface area contributed by atoms with E-state index < -0.39 is 18.6 Å². The largest absolute Gasteiger partial charge is 0.573 e. The van der Waals surface area contributed by atoms with Crippen LogP contribution in [0.3, 0.4) is 0 Å². The number of alkyl halides is 3. The topological polar surface area (TPSA) is 55.8 Å². The number of benzene rings is 2. The summed E-state index contributed by atoms with van der Waals surface area (Å²) < 4.78 is 45.1. The minimum absolute atomic E-state index is 0.136. The molecule has 0 heterocycles. The Balaban J connectivity index is 2.17. The molecule has 0 aromatic heterocycles. The number of carbonyl (C=O) groups excluding carboxylic acids is 1. The molecule has 0 radical (unpaired) electrons. The Morgan fingerprint density at radius 3 is 2.38 bits per heavy atom. The van der Waals surface area contributed by atoms with Crippen molar-refractivity contribution in [2.24, 2.45) is 0 Å². The van der Waals surface area contributed by atoms with Gasteiger partial charge in [-0.3, -0.25) is 4.79 Å². The highest BCUT2D eigenvalue weighted by Gasteiger charge is 2.30. The molecule has 0 amide bonds. The van der Waals surface area contributed by atoms with Gasteiger partial charge in [0.2, 0.25) is 6.29 Å². The number of aliphatic hydroxyl groups excluding tert-OH is 1. The van der Waals surface area contributed by atoms with Crippen LogP contribution < -0.4 is 4.74 Å². The molecule has 4 nitrogen and oxygen atoms in total. The van der Waals surface area contributed by atoms with Crippen molar-refractivity contribution in [3.05, 3.63) is 54.1 Å². The minimum atomic E-state index is -4.74. The molecular formula is C17H15F3O4. The van der Waals surface area contributed by atoms with Gasteiger partial charge < -0.3 is 14.6 Å². The summed E-state index contributed by atoms with van der Waals surface area (Å²) in [6.07, 6.45) is -6.00. The van der Waals surface area contributed by atoms with Crippen LogP contribution in [0.5, 0.6) is 5.75 Å². The van der Waals surface area contributed by atoms with Gasteiger partial charge in [0.15, 0.2) is 0 Å². The molecule has 0 aliphatic carbocycles. The van der Waals surface area contributed by atoms with Crippen molar-refractivity contribution in [3.8, 4) is 16.9 Å². The van der Waals surface area contributed by atoms with Crippen LogP contribution in [0.4, 0.5) is 13.2 Å². The van der Waals surface area contributed by atoms with Gasteiger partial charge in [-0.05, 0) is 29.3 Å². The number of esters is 1. The molecule has 128 valence electrons. The Labute approximate surface area is 136 Å². The van der Waals surface area contributed by atoms with E-state index in [2.05, 4.69) is 4.74 Å². The van der Waals surface area contributed by atoms with Gasteiger partial charge in [-0.1, -0.05) is 37.3 Å². The first kappa shape index (κ1) is 17.8. The average molecular weight is 340 g/mol. The van der Waals surface area contributed by atoms with Crippen LogP contribution in [0.15, 0.2) is 48.5 Å². The van der Waals surface area contributed by atoms with E-state index in [1.807, 2.05) is 0 Å². The first-order valence-electron chi connectivity index (χ1n) is 7.12. The normalized spacial score (nSPS) is 12.5. The molecule has 2 aromatic carbocycles. The fourth-order valence-corrected chi connectivity index (χ4v) is 2.00. The molecule has 24 heavy (non-hydrogen) atoms. The number of ether oxygens (including phenoxy) is 2. The van der Waals surface area contributed by atoms with E-state index in [1.165, 1.54) is 24.3 Å². The summed E-state index contributed by atoms with van der Waals surface area (Å²) >= 11 is 0. The molecule has 0 aliphatic rings. The molecule has 1 unspecified atom stereocenters. The van der Waals surface area contributed by atoms with Crippen molar-refractivity contribution < 1.29 is 32.5 Å². The number of carbonyl (C=O) groups is 1. The van der Waals surface area contributed by atoms with Gasteiger partial charge in [0.05, 0.1) is 0 Å². The third kappa shape index (κ3) is 4.99. The number of aliphatic hydroxyl groups is 1. The summed E-state index contributed by atoms with van der Waals surface area (Å²) in [5.41, 5.74) is 1.64. The van der Waals surface area contributed by atoms with E-state index in [1.54, 1.807) is 31.2 Å². The molecule has 0 fully saturated rings. The van der Waals surface area contributed by atoms with Crippen LogP contribution in [0.1, 0.15) is 25.2 Å². The van der Waals surface area contributed by atoms with Crippen LogP contribution in [0, 0.1) is 0 Å². The van der Waals surface area contributed by atoms with Crippen molar-refractivity contribution in [2.75, 3.05) is 0 Å². The summed E-state index contributed by atoms with van der Waals surface area (Å²) in [6, 6.07) is 11.9. The molecule has 1 atom stereocenters. The molecule has 0 saturated heterocycles. The lowest BCUT2D eigenvalue weighted by Crippen LogP contribution is -2.16. The molecular weight excluding hydrogens is 325 g/mol. The fraction of sp³-hybridized carbons (Fsp3) is 0.235. The lowest BCUT2D eigenvalue weighted by molar-refractivity contribution is -0.274. The molecule has 2 aromatic rings. The predicted octanol–water partition coefficient (Wildman–Crippen LogP) is 4.20. The third-order valence-electron chi connectivity index (χ3n) is 3.12. The highest BCUT2D eigenvalue weighted by Crippen LogP contribution is 2.28. The summed E-state index contributed by atoms with van der Waals surface area (Å²) in [5, 5.41) is 9.88. The average Bonchev–Trinajstić information content (AvgIpc) is 2.54. The maximum absolute atomic E-state index is 12.1. The monoisotopic (exact) mass is 340 g/mol. The highest BCUT2D eigenvalue weighted by molar-refractivity contribution is 5.69. The summed E-state index contributed by atoms with van der Waals surface area (Å²) in [4.78, 5) is 11.2. The van der Waals surface area contributed by atoms with E-state index in [4.69, 9.17) is 4.74 Å². The summed E-state index contributed by atoms with van der Waals surface area (Å²) in [6.45, 7) is 1.61. The van der Waals surface area contributed by atoms with E-state index in [0.29, 0.717) is 16.7 Å². The standard InChI is InChI=1S/C17H15F3O4/c1-2-15(21)23-16(22)13-5-3-4-12(10-13)11-6-8-14(9-7-11)24-17(18,19)20/h3-10,16,22H,2H2,1H3. The zero-order valence-electron chi connectivity index (χ0n) is 12.7. The fourth-order valence-electron chi connectivity index (χ4n) is 2.00. The Kier molecular flexibility index (Phi) is 5.46. The molecule has 0 saturated carbocycles. The van der Waals surface area contributed by atoms with Crippen LogP contribution >= 0.6 is 0 Å².